The molecule has 1 aromatic carbocycles. The zero-order chi connectivity index (χ0) is 18.4. The fraction of sp³-hybridized carbons (Fsp3) is 0.429. The average Bonchev–Trinajstić information content (AvgIpc) is 3.23. The van der Waals surface area contributed by atoms with Crippen molar-refractivity contribution in [2.45, 2.75) is 33.1 Å². The van der Waals surface area contributed by atoms with Gasteiger partial charge in [0.15, 0.2) is 0 Å². The van der Waals surface area contributed by atoms with Crippen molar-refractivity contribution < 1.29 is 14.3 Å². The number of hydrogen-bond acceptors (Lipinski definition) is 4. The highest BCUT2D eigenvalue weighted by molar-refractivity contribution is 5.87. The molecule has 136 valence electrons. The van der Waals surface area contributed by atoms with Crippen LogP contribution in [-0.4, -0.2) is 17.6 Å². The Morgan fingerprint density at radius 3 is 2.73 bits per heavy atom. The van der Waals surface area contributed by atoms with Crippen LogP contribution in [0.2, 0.25) is 0 Å². The fourth-order valence-corrected chi connectivity index (χ4v) is 4.38. The van der Waals surface area contributed by atoms with Crippen LogP contribution in [-0.2, 0) is 11.2 Å². The maximum Gasteiger partial charge on any atom is 0.340 e. The van der Waals surface area contributed by atoms with Crippen molar-refractivity contribution in [1.82, 2.24) is 5.32 Å². The van der Waals surface area contributed by atoms with E-state index in [-0.39, 0.29) is 18.1 Å². The van der Waals surface area contributed by atoms with E-state index in [4.69, 9.17) is 4.42 Å². The van der Waals surface area contributed by atoms with Gasteiger partial charge in [-0.25, -0.2) is 4.79 Å². The fourth-order valence-electron chi connectivity index (χ4n) is 4.38. The Kier molecular flexibility index (Phi) is 4.10. The third-order valence-electron chi connectivity index (χ3n) is 5.99. The first kappa shape index (κ1) is 16.9. The molecule has 1 heterocycles. The monoisotopic (exact) mass is 353 g/mol. The zero-order valence-corrected chi connectivity index (χ0v) is 15.0. The lowest BCUT2D eigenvalue weighted by molar-refractivity contribution is -0.120. The molecule has 0 unspecified atom stereocenters. The van der Waals surface area contributed by atoms with Crippen LogP contribution in [0.1, 0.15) is 29.5 Å². The topological polar surface area (TPSA) is 79.5 Å². The predicted octanol–water partition coefficient (Wildman–Crippen LogP) is 2.99. The Morgan fingerprint density at radius 1 is 1.23 bits per heavy atom. The molecule has 1 amide bonds. The van der Waals surface area contributed by atoms with E-state index in [1.165, 1.54) is 6.42 Å². The van der Waals surface area contributed by atoms with Crippen molar-refractivity contribution in [2.24, 2.45) is 17.8 Å². The van der Waals surface area contributed by atoms with Crippen molar-refractivity contribution in [3.63, 3.8) is 0 Å². The van der Waals surface area contributed by atoms with Crippen LogP contribution in [0.15, 0.2) is 33.5 Å². The van der Waals surface area contributed by atoms with E-state index in [1.54, 1.807) is 19.1 Å². The van der Waals surface area contributed by atoms with E-state index in [9.17, 15) is 14.7 Å². The van der Waals surface area contributed by atoms with Crippen molar-refractivity contribution >= 4 is 16.9 Å². The van der Waals surface area contributed by atoms with Gasteiger partial charge in [0.25, 0.3) is 0 Å². The first-order valence-corrected chi connectivity index (χ1v) is 9.14. The molecular weight excluding hydrogens is 330 g/mol. The van der Waals surface area contributed by atoms with Crippen LogP contribution in [0.25, 0.3) is 11.0 Å². The predicted molar refractivity (Wildman–Crippen MR) is 99.2 cm³/mol. The Labute approximate surface area is 151 Å². The Hall–Kier alpha value is -2.56. The number of aryl methyl sites for hydroxylation is 2. The minimum absolute atomic E-state index is 0.0146. The number of nitrogens with one attached hydrogen (secondary N) is 1. The molecule has 1 fully saturated rings. The number of aromatic hydroxyl groups is 1. The number of carbonyl (C=O) groups excluding carboxylic acids is 1. The Morgan fingerprint density at radius 2 is 2.04 bits per heavy atom. The summed E-state index contributed by atoms with van der Waals surface area (Å²) in [6.07, 6.45) is 6.92. The van der Waals surface area contributed by atoms with Gasteiger partial charge in [-0.1, -0.05) is 12.2 Å². The smallest absolute Gasteiger partial charge is 0.340 e. The maximum atomic E-state index is 12.4. The molecule has 1 aromatic heterocycles. The van der Waals surface area contributed by atoms with Crippen LogP contribution < -0.4 is 10.9 Å². The van der Waals surface area contributed by atoms with Gasteiger partial charge in [0.1, 0.15) is 11.3 Å². The molecule has 2 aromatic rings. The molecule has 3 atom stereocenters. The second kappa shape index (κ2) is 6.31. The Balaban J connectivity index is 1.51. The van der Waals surface area contributed by atoms with Crippen molar-refractivity contribution in [3.8, 4) is 5.75 Å². The van der Waals surface area contributed by atoms with Gasteiger partial charge in [0.2, 0.25) is 5.91 Å². The summed E-state index contributed by atoms with van der Waals surface area (Å²) in [5.74, 6) is 1.71. The largest absolute Gasteiger partial charge is 0.508 e. The third kappa shape index (κ3) is 2.81. The molecule has 26 heavy (non-hydrogen) atoms. The highest BCUT2D eigenvalue weighted by Crippen LogP contribution is 2.42. The molecule has 2 N–H and O–H groups in total. The zero-order valence-electron chi connectivity index (χ0n) is 15.0. The van der Waals surface area contributed by atoms with E-state index < -0.39 is 5.63 Å². The summed E-state index contributed by atoms with van der Waals surface area (Å²) < 4.78 is 5.40. The van der Waals surface area contributed by atoms with Gasteiger partial charge < -0.3 is 14.8 Å². The molecular formula is C21H23NO4. The standard InChI is InChI=1S/C21H23NO4/c1-11-16-5-6-18(23)12(2)20(16)26-21(25)17(11)9-19(24)22-10-15-8-13-3-4-14(15)7-13/h3-6,13-15,23H,7-10H2,1-2H3,(H,22,24)/t13-,14+,15+/m1/s1. The number of allylic oxidation sites excluding steroid dienone is 2. The second-order valence-corrected chi connectivity index (χ2v) is 7.60. The van der Waals surface area contributed by atoms with Gasteiger partial charge in [-0.3, -0.25) is 4.79 Å². The van der Waals surface area contributed by atoms with Crippen molar-refractivity contribution in [1.29, 1.82) is 0 Å². The number of fused-ring (bicyclic) bond motifs is 3. The lowest BCUT2D eigenvalue weighted by atomic mass is 9.93. The highest BCUT2D eigenvalue weighted by atomic mass is 16.4. The summed E-state index contributed by atoms with van der Waals surface area (Å²) in [7, 11) is 0. The molecule has 1 saturated carbocycles. The lowest BCUT2D eigenvalue weighted by Gasteiger charge is -2.18. The number of phenols is 1. The summed E-state index contributed by atoms with van der Waals surface area (Å²) >= 11 is 0. The molecule has 5 nitrogen and oxygen atoms in total. The Bertz CT molecular complexity index is 972. The summed E-state index contributed by atoms with van der Waals surface area (Å²) in [5.41, 5.74) is 1.51. The number of phenolic OH excluding ortho intramolecular Hbond substituents is 1. The average molecular weight is 353 g/mol. The second-order valence-electron chi connectivity index (χ2n) is 7.60. The third-order valence-corrected chi connectivity index (χ3v) is 5.99. The molecule has 4 rings (SSSR count). The summed E-state index contributed by atoms with van der Waals surface area (Å²) in [5, 5.41) is 13.5. The molecule has 2 aliphatic rings. The molecule has 0 radical (unpaired) electrons. The van der Waals surface area contributed by atoms with E-state index in [0.29, 0.717) is 41.0 Å². The first-order valence-electron chi connectivity index (χ1n) is 9.14. The lowest BCUT2D eigenvalue weighted by Crippen LogP contribution is -2.33. The van der Waals surface area contributed by atoms with E-state index in [0.717, 1.165) is 17.4 Å². The summed E-state index contributed by atoms with van der Waals surface area (Å²) in [4.78, 5) is 24.8. The molecule has 0 aliphatic heterocycles. The van der Waals surface area contributed by atoms with E-state index in [1.807, 2.05) is 6.92 Å². The molecule has 0 spiro atoms. The minimum atomic E-state index is -0.512. The van der Waals surface area contributed by atoms with Crippen LogP contribution in [0.4, 0.5) is 0 Å². The van der Waals surface area contributed by atoms with Crippen LogP contribution >= 0.6 is 0 Å². The number of amides is 1. The summed E-state index contributed by atoms with van der Waals surface area (Å²) in [6, 6.07) is 3.30. The maximum absolute atomic E-state index is 12.4. The molecule has 0 saturated heterocycles. The first-order chi connectivity index (χ1) is 12.4. The van der Waals surface area contributed by atoms with Gasteiger partial charge in [-0.05, 0) is 62.1 Å². The number of carbonyl (C=O) groups is 1. The number of rotatable bonds is 4. The minimum Gasteiger partial charge on any atom is -0.508 e. The quantitative estimate of drug-likeness (QED) is 0.654. The molecule has 5 heteroatoms. The van der Waals surface area contributed by atoms with Gasteiger partial charge >= 0.3 is 5.63 Å². The van der Waals surface area contributed by atoms with Gasteiger partial charge in [-0.2, -0.15) is 0 Å². The number of hydrogen-bond donors (Lipinski definition) is 2. The van der Waals surface area contributed by atoms with Crippen LogP contribution in [0, 0.1) is 31.6 Å². The molecule has 2 aliphatic carbocycles. The SMILES string of the molecule is Cc1c(CC(=O)NC[C@@H]2C[C@@H]3C=C[C@H]2C3)c(=O)oc2c(C)c(O)ccc12. The molecule has 2 bridgehead atoms. The van der Waals surface area contributed by atoms with Gasteiger partial charge in [0, 0.05) is 17.5 Å². The highest BCUT2D eigenvalue weighted by Gasteiger charge is 2.35. The van der Waals surface area contributed by atoms with Gasteiger partial charge in [0.05, 0.1) is 12.0 Å². The summed E-state index contributed by atoms with van der Waals surface area (Å²) in [6.45, 7) is 4.19. The van der Waals surface area contributed by atoms with Gasteiger partial charge in [-0.15, -0.1) is 0 Å². The van der Waals surface area contributed by atoms with Crippen molar-refractivity contribution in [3.05, 3.63) is 51.4 Å². The van der Waals surface area contributed by atoms with Crippen LogP contribution in [0.5, 0.6) is 5.75 Å². The van der Waals surface area contributed by atoms with Crippen LogP contribution in [0.3, 0.4) is 0 Å². The van der Waals surface area contributed by atoms with E-state index in [2.05, 4.69) is 17.5 Å². The van der Waals surface area contributed by atoms with E-state index >= 15 is 0 Å². The van der Waals surface area contributed by atoms with Crippen molar-refractivity contribution in [2.75, 3.05) is 6.54 Å². The normalized spacial score (nSPS) is 23.7. The number of benzene rings is 1.